The second kappa shape index (κ2) is 7.89. The van der Waals surface area contributed by atoms with E-state index in [1.807, 2.05) is 13.8 Å². The number of carbonyl (C=O) groups is 1. The number of aryl methyl sites for hydroxylation is 1. The van der Waals surface area contributed by atoms with E-state index in [1.165, 1.54) is 12.8 Å². The van der Waals surface area contributed by atoms with Crippen LogP contribution in [0.4, 0.5) is 16.4 Å². The molecule has 1 unspecified atom stereocenters. The van der Waals surface area contributed by atoms with Gasteiger partial charge in [0.2, 0.25) is 0 Å². The van der Waals surface area contributed by atoms with Gasteiger partial charge in [-0.1, -0.05) is 6.92 Å². The van der Waals surface area contributed by atoms with Crippen molar-refractivity contribution in [3.63, 3.8) is 0 Å². The summed E-state index contributed by atoms with van der Waals surface area (Å²) in [5, 5.41) is 0. The van der Waals surface area contributed by atoms with Gasteiger partial charge >= 0.3 is 6.09 Å². The molecule has 25 heavy (non-hydrogen) atoms. The molecule has 3 heterocycles. The van der Waals surface area contributed by atoms with E-state index in [-0.39, 0.29) is 6.09 Å². The van der Waals surface area contributed by atoms with Crippen LogP contribution in [-0.2, 0) is 4.74 Å². The molecule has 3 rings (SSSR count). The average Bonchev–Trinajstić information content (AvgIpc) is 2.61. The van der Waals surface area contributed by atoms with Crippen LogP contribution in [0.5, 0.6) is 0 Å². The van der Waals surface area contributed by atoms with Gasteiger partial charge in [-0.2, -0.15) is 0 Å². The Morgan fingerprint density at radius 3 is 2.48 bits per heavy atom. The van der Waals surface area contributed by atoms with Crippen LogP contribution in [0.3, 0.4) is 0 Å². The highest BCUT2D eigenvalue weighted by molar-refractivity contribution is 5.68. The maximum atomic E-state index is 11.8. The lowest BCUT2D eigenvalue weighted by atomic mass is 10.0. The highest BCUT2D eigenvalue weighted by Gasteiger charge is 2.24. The Bertz CT molecular complexity index is 601. The number of nitrogens with zero attached hydrogens (tertiary/aromatic N) is 5. The van der Waals surface area contributed by atoms with Crippen LogP contribution >= 0.6 is 0 Å². The number of anilines is 2. The molecule has 1 aromatic rings. The van der Waals surface area contributed by atoms with Crippen molar-refractivity contribution >= 4 is 17.7 Å². The standard InChI is InChI=1S/C18H29N5O2/c1-4-25-18(24)22-10-8-21(9-11-22)16-12-17(20-15(3)19-16)23-7-5-6-14(2)13-23/h12,14H,4-11,13H2,1-3H3. The quantitative estimate of drug-likeness (QED) is 0.836. The third-order valence-corrected chi connectivity index (χ3v) is 4.92. The van der Waals surface area contributed by atoms with E-state index in [0.29, 0.717) is 25.6 Å². The summed E-state index contributed by atoms with van der Waals surface area (Å²) < 4.78 is 5.09. The van der Waals surface area contributed by atoms with E-state index in [9.17, 15) is 4.79 Å². The van der Waals surface area contributed by atoms with Crippen LogP contribution in [0, 0.1) is 12.8 Å². The van der Waals surface area contributed by atoms with Gasteiger partial charge in [-0.15, -0.1) is 0 Å². The molecule has 1 aromatic heterocycles. The van der Waals surface area contributed by atoms with Crippen molar-refractivity contribution in [2.45, 2.75) is 33.6 Å². The molecule has 0 bridgehead atoms. The molecule has 0 radical (unpaired) electrons. The third-order valence-electron chi connectivity index (χ3n) is 4.92. The lowest BCUT2D eigenvalue weighted by molar-refractivity contribution is 0.105. The molecular formula is C18H29N5O2. The zero-order chi connectivity index (χ0) is 17.8. The first-order valence-corrected chi connectivity index (χ1v) is 9.34. The van der Waals surface area contributed by atoms with Gasteiger partial charge in [-0.3, -0.25) is 0 Å². The monoisotopic (exact) mass is 347 g/mol. The maximum Gasteiger partial charge on any atom is 0.409 e. The van der Waals surface area contributed by atoms with Crippen LogP contribution in [0.1, 0.15) is 32.5 Å². The summed E-state index contributed by atoms with van der Waals surface area (Å²) in [6.07, 6.45) is 2.30. The number of aromatic nitrogens is 2. The molecule has 0 N–H and O–H groups in total. The van der Waals surface area contributed by atoms with E-state index in [4.69, 9.17) is 4.74 Å². The zero-order valence-electron chi connectivity index (χ0n) is 15.6. The fraction of sp³-hybridized carbons (Fsp3) is 0.722. The van der Waals surface area contributed by atoms with Crippen LogP contribution in [0.15, 0.2) is 6.07 Å². The molecule has 2 fully saturated rings. The predicted octanol–water partition coefficient (Wildman–Crippen LogP) is 2.30. The van der Waals surface area contributed by atoms with Crippen molar-refractivity contribution in [1.82, 2.24) is 14.9 Å². The molecule has 138 valence electrons. The van der Waals surface area contributed by atoms with Crippen molar-refractivity contribution < 1.29 is 9.53 Å². The minimum absolute atomic E-state index is 0.219. The first kappa shape index (κ1) is 17.8. The minimum atomic E-state index is -0.219. The maximum absolute atomic E-state index is 11.8. The Hall–Kier alpha value is -2.05. The molecule has 0 spiro atoms. The van der Waals surface area contributed by atoms with Crippen molar-refractivity contribution in [3.05, 3.63) is 11.9 Å². The lowest BCUT2D eigenvalue weighted by Gasteiger charge is -2.36. The Labute approximate surface area is 150 Å². The van der Waals surface area contributed by atoms with Gasteiger partial charge in [0.15, 0.2) is 0 Å². The summed E-state index contributed by atoms with van der Waals surface area (Å²) in [7, 11) is 0. The van der Waals surface area contributed by atoms with E-state index in [2.05, 4.69) is 32.8 Å². The van der Waals surface area contributed by atoms with Gasteiger partial charge in [0, 0.05) is 45.3 Å². The number of piperidine rings is 1. The molecule has 7 heteroatoms. The Morgan fingerprint density at radius 1 is 1.16 bits per heavy atom. The topological polar surface area (TPSA) is 61.8 Å². The van der Waals surface area contributed by atoms with Gasteiger partial charge in [-0.05, 0) is 32.6 Å². The zero-order valence-corrected chi connectivity index (χ0v) is 15.6. The van der Waals surface area contributed by atoms with Crippen molar-refractivity contribution in [1.29, 1.82) is 0 Å². The molecule has 0 saturated carbocycles. The van der Waals surface area contributed by atoms with Crippen LogP contribution < -0.4 is 9.80 Å². The number of ether oxygens (including phenoxy) is 1. The van der Waals surface area contributed by atoms with Gasteiger partial charge in [0.05, 0.1) is 6.61 Å². The van der Waals surface area contributed by atoms with E-state index in [1.54, 1.807) is 4.90 Å². The molecule has 7 nitrogen and oxygen atoms in total. The summed E-state index contributed by atoms with van der Waals surface area (Å²) in [6, 6.07) is 2.10. The van der Waals surface area contributed by atoms with Crippen molar-refractivity contribution in [2.24, 2.45) is 5.92 Å². The van der Waals surface area contributed by atoms with Gasteiger partial charge in [0.1, 0.15) is 17.5 Å². The molecule has 1 amide bonds. The number of amides is 1. The second-order valence-electron chi connectivity index (χ2n) is 7.00. The third kappa shape index (κ3) is 4.32. The highest BCUT2D eigenvalue weighted by Crippen LogP contribution is 2.25. The van der Waals surface area contributed by atoms with E-state index >= 15 is 0 Å². The number of hydrogen-bond donors (Lipinski definition) is 0. The van der Waals surface area contributed by atoms with Gasteiger partial charge < -0.3 is 19.4 Å². The summed E-state index contributed by atoms with van der Waals surface area (Å²) >= 11 is 0. The smallest absolute Gasteiger partial charge is 0.409 e. The Morgan fingerprint density at radius 2 is 1.84 bits per heavy atom. The van der Waals surface area contributed by atoms with Gasteiger partial charge in [-0.25, -0.2) is 14.8 Å². The number of piperazine rings is 1. The summed E-state index contributed by atoms with van der Waals surface area (Å²) in [5.41, 5.74) is 0. The summed E-state index contributed by atoms with van der Waals surface area (Å²) in [6.45, 7) is 11.5. The molecule has 2 aliphatic rings. The van der Waals surface area contributed by atoms with Crippen molar-refractivity contribution in [3.8, 4) is 0 Å². The SMILES string of the molecule is CCOC(=O)N1CCN(c2cc(N3CCCC(C)C3)nc(C)n2)CC1. The number of rotatable bonds is 3. The van der Waals surface area contributed by atoms with Gasteiger partial charge in [0.25, 0.3) is 0 Å². The first-order chi connectivity index (χ1) is 12.1. The number of carbonyl (C=O) groups excluding carboxylic acids is 1. The second-order valence-corrected chi connectivity index (χ2v) is 7.00. The molecule has 1 atom stereocenters. The van der Waals surface area contributed by atoms with Crippen LogP contribution in [0.25, 0.3) is 0 Å². The fourth-order valence-corrected chi connectivity index (χ4v) is 3.59. The molecule has 2 aliphatic heterocycles. The van der Waals surface area contributed by atoms with E-state index in [0.717, 1.165) is 43.6 Å². The van der Waals surface area contributed by atoms with Crippen LogP contribution in [0.2, 0.25) is 0 Å². The normalized spacial score (nSPS) is 21.4. The Balaban J connectivity index is 1.68. The molecule has 0 aliphatic carbocycles. The Kier molecular flexibility index (Phi) is 5.60. The average molecular weight is 347 g/mol. The minimum Gasteiger partial charge on any atom is -0.450 e. The number of hydrogen-bond acceptors (Lipinski definition) is 6. The molecule has 0 aromatic carbocycles. The predicted molar refractivity (Wildman–Crippen MR) is 98.2 cm³/mol. The summed E-state index contributed by atoms with van der Waals surface area (Å²) in [4.78, 5) is 27.5. The summed E-state index contributed by atoms with van der Waals surface area (Å²) in [5.74, 6) is 3.50. The van der Waals surface area contributed by atoms with Crippen LogP contribution in [-0.4, -0.2) is 66.8 Å². The van der Waals surface area contributed by atoms with E-state index < -0.39 is 0 Å². The first-order valence-electron chi connectivity index (χ1n) is 9.34. The molecular weight excluding hydrogens is 318 g/mol. The fourth-order valence-electron chi connectivity index (χ4n) is 3.59. The highest BCUT2D eigenvalue weighted by atomic mass is 16.6. The van der Waals surface area contributed by atoms with Crippen molar-refractivity contribution in [2.75, 3.05) is 55.7 Å². The molecule has 2 saturated heterocycles. The largest absolute Gasteiger partial charge is 0.450 e. The lowest BCUT2D eigenvalue weighted by Crippen LogP contribution is -2.49.